The van der Waals surface area contributed by atoms with Gasteiger partial charge in [0.25, 0.3) is 0 Å². The Bertz CT molecular complexity index is 1470. The molecule has 0 saturated carbocycles. The molecule has 0 unspecified atom stereocenters. The number of carboxylic acid groups (broad SMARTS) is 1. The maximum absolute atomic E-state index is 12.9. The molecule has 5 rings (SSSR count). The first-order valence-electron chi connectivity index (χ1n) is 13.0. The van der Waals surface area contributed by atoms with Gasteiger partial charge < -0.3 is 28.6 Å². The fourth-order valence-corrected chi connectivity index (χ4v) is 4.89. The van der Waals surface area contributed by atoms with E-state index in [9.17, 15) is 14.7 Å². The molecule has 0 spiro atoms. The van der Waals surface area contributed by atoms with Gasteiger partial charge in [-0.05, 0) is 66.9 Å². The smallest absolute Gasteiger partial charge is 0.415 e. The minimum Gasteiger partial charge on any atom is -0.497 e. The summed E-state index contributed by atoms with van der Waals surface area (Å²) in [4.78, 5) is 30.7. The Morgan fingerprint density at radius 3 is 2.45 bits per heavy atom. The van der Waals surface area contributed by atoms with E-state index < -0.39 is 12.1 Å². The number of aryl methyl sites for hydroxylation is 1. The van der Waals surface area contributed by atoms with Crippen molar-refractivity contribution < 1.29 is 33.3 Å². The van der Waals surface area contributed by atoms with E-state index >= 15 is 0 Å². The van der Waals surface area contributed by atoms with Crippen LogP contribution in [0.5, 0.6) is 17.2 Å². The summed E-state index contributed by atoms with van der Waals surface area (Å²) in [6, 6.07) is 23.9. The highest BCUT2D eigenvalue weighted by molar-refractivity contribution is 5.72. The lowest BCUT2D eigenvalue weighted by Gasteiger charge is -2.18. The molecule has 40 heavy (non-hydrogen) atoms. The van der Waals surface area contributed by atoms with Crippen LogP contribution in [0.4, 0.5) is 4.79 Å². The highest BCUT2D eigenvalue weighted by atomic mass is 16.6. The second kappa shape index (κ2) is 11.9. The number of amides is 1. The molecule has 1 N–H and O–H groups in total. The van der Waals surface area contributed by atoms with Crippen LogP contribution in [0.25, 0.3) is 11.5 Å². The van der Waals surface area contributed by atoms with E-state index in [0.29, 0.717) is 41.1 Å². The largest absolute Gasteiger partial charge is 0.497 e. The van der Waals surface area contributed by atoms with Crippen molar-refractivity contribution in [1.82, 2.24) is 9.88 Å². The summed E-state index contributed by atoms with van der Waals surface area (Å²) >= 11 is 0. The predicted molar refractivity (Wildman–Crippen MR) is 147 cm³/mol. The zero-order chi connectivity index (χ0) is 28.1. The van der Waals surface area contributed by atoms with E-state index in [1.165, 1.54) is 0 Å². The molecule has 9 heteroatoms. The van der Waals surface area contributed by atoms with E-state index in [0.717, 1.165) is 11.1 Å². The molecular weight excluding hydrogens is 512 g/mol. The van der Waals surface area contributed by atoms with Gasteiger partial charge in [0.15, 0.2) is 0 Å². The van der Waals surface area contributed by atoms with E-state index in [1.807, 2.05) is 61.5 Å². The first-order valence-corrected chi connectivity index (χ1v) is 13.0. The molecular formula is C31H30N2O7. The number of hydrogen-bond acceptors (Lipinski definition) is 7. The molecule has 1 amide bonds. The summed E-state index contributed by atoms with van der Waals surface area (Å²) < 4.78 is 22.6. The second-order valence-corrected chi connectivity index (χ2v) is 9.66. The van der Waals surface area contributed by atoms with Gasteiger partial charge in [0.1, 0.15) is 35.3 Å². The highest BCUT2D eigenvalue weighted by Crippen LogP contribution is 2.37. The Morgan fingerprint density at radius 2 is 1.73 bits per heavy atom. The van der Waals surface area contributed by atoms with Crippen LogP contribution in [0.3, 0.4) is 0 Å². The number of likely N-dealkylation sites (tertiary alicyclic amines) is 1. The summed E-state index contributed by atoms with van der Waals surface area (Å²) in [6.45, 7) is 2.68. The molecule has 1 aromatic heterocycles. The molecule has 2 atom stereocenters. The van der Waals surface area contributed by atoms with Crippen LogP contribution < -0.4 is 14.2 Å². The lowest BCUT2D eigenvalue weighted by Crippen LogP contribution is -2.31. The minimum atomic E-state index is -0.913. The van der Waals surface area contributed by atoms with Crippen LogP contribution in [0.15, 0.2) is 83.3 Å². The van der Waals surface area contributed by atoms with Crippen molar-refractivity contribution in [2.45, 2.75) is 25.9 Å². The molecule has 9 nitrogen and oxygen atoms in total. The van der Waals surface area contributed by atoms with E-state index in [4.69, 9.17) is 18.6 Å². The number of oxazole rings is 1. The molecule has 0 aliphatic carbocycles. The van der Waals surface area contributed by atoms with Gasteiger partial charge in [0, 0.05) is 24.6 Å². The molecule has 1 saturated heterocycles. The number of benzene rings is 3. The first-order chi connectivity index (χ1) is 19.4. The molecule has 3 aromatic carbocycles. The van der Waals surface area contributed by atoms with Gasteiger partial charge in [-0.3, -0.25) is 4.79 Å². The second-order valence-electron chi connectivity index (χ2n) is 9.66. The number of ether oxygens (including phenoxy) is 3. The first kappa shape index (κ1) is 26.8. The van der Waals surface area contributed by atoms with Gasteiger partial charge >= 0.3 is 12.1 Å². The van der Waals surface area contributed by atoms with Gasteiger partial charge in [-0.15, -0.1) is 0 Å². The fourth-order valence-electron chi connectivity index (χ4n) is 4.89. The number of nitrogens with zero attached hydrogens (tertiary/aromatic N) is 2. The number of methoxy groups -OCH3 is 1. The Morgan fingerprint density at radius 1 is 0.975 bits per heavy atom. The Kier molecular flexibility index (Phi) is 8.00. The minimum absolute atomic E-state index is 0.0670. The number of rotatable bonds is 9. The van der Waals surface area contributed by atoms with E-state index in [-0.39, 0.29) is 31.4 Å². The quantitative estimate of drug-likeness (QED) is 0.277. The van der Waals surface area contributed by atoms with Gasteiger partial charge in [-0.1, -0.05) is 30.3 Å². The predicted octanol–water partition coefficient (Wildman–Crippen LogP) is 5.93. The van der Waals surface area contributed by atoms with Crippen molar-refractivity contribution in [3.8, 4) is 28.7 Å². The topological polar surface area (TPSA) is 111 Å². The van der Waals surface area contributed by atoms with Crippen LogP contribution in [0, 0.1) is 12.8 Å². The van der Waals surface area contributed by atoms with Gasteiger partial charge in [-0.25, -0.2) is 9.78 Å². The third kappa shape index (κ3) is 6.26. The number of hydrogen-bond donors (Lipinski definition) is 1. The van der Waals surface area contributed by atoms with Gasteiger partial charge in [0.05, 0.1) is 13.5 Å². The zero-order valence-electron chi connectivity index (χ0n) is 22.3. The number of aliphatic carboxylic acids is 1. The lowest BCUT2D eigenvalue weighted by atomic mass is 9.87. The van der Waals surface area contributed by atoms with E-state index in [1.54, 1.807) is 36.3 Å². The van der Waals surface area contributed by atoms with Crippen molar-refractivity contribution in [3.63, 3.8) is 0 Å². The molecule has 0 radical (unpaired) electrons. The maximum Gasteiger partial charge on any atom is 0.415 e. The third-order valence-corrected chi connectivity index (χ3v) is 6.98. The Labute approximate surface area is 231 Å². The van der Waals surface area contributed by atoms with Crippen LogP contribution in [-0.2, 0) is 11.4 Å². The van der Waals surface area contributed by atoms with Crippen LogP contribution >= 0.6 is 0 Å². The summed E-state index contributed by atoms with van der Waals surface area (Å²) in [5.41, 5.74) is 2.48. The van der Waals surface area contributed by atoms with Crippen molar-refractivity contribution >= 4 is 12.1 Å². The van der Waals surface area contributed by atoms with Gasteiger partial charge in [0.2, 0.25) is 5.89 Å². The number of carbonyl (C=O) groups is 2. The molecule has 2 heterocycles. The number of carboxylic acids is 1. The normalized spacial score (nSPS) is 16.5. The molecule has 1 aliphatic heterocycles. The maximum atomic E-state index is 12.9. The average Bonchev–Trinajstić information content (AvgIpc) is 3.56. The molecule has 0 bridgehead atoms. The molecule has 1 fully saturated rings. The fraction of sp³-hybridized carbons (Fsp3) is 0.258. The number of aromatic nitrogens is 1. The SMILES string of the molecule is COc1ccc(OC(=O)N2C[C@H](CC(=O)O)[C@H](c3cccc(OCc4nc(-c5ccccc5)oc4C)c3)C2)cc1. The third-order valence-electron chi connectivity index (χ3n) is 6.98. The van der Waals surface area contributed by atoms with Crippen LogP contribution in [0.1, 0.15) is 29.4 Å². The van der Waals surface area contributed by atoms with Crippen molar-refractivity contribution in [3.05, 3.63) is 95.9 Å². The monoisotopic (exact) mass is 542 g/mol. The molecule has 206 valence electrons. The van der Waals surface area contributed by atoms with Gasteiger partial charge in [-0.2, -0.15) is 0 Å². The van der Waals surface area contributed by atoms with E-state index in [2.05, 4.69) is 4.98 Å². The van der Waals surface area contributed by atoms with Crippen molar-refractivity contribution in [2.75, 3.05) is 20.2 Å². The zero-order valence-corrected chi connectivity index (χ0v) is 22.3. The average molecular weight is 543 g/mol. The van der Waals surface area contributed by atoms with Crippen LogP contribution in [0.2, 0.25) is 0 Å². The number of carbonyl (C=O) groups excluding carboxylic acids is 1. The summed E-state index contributed by atoms with van der Waals surface area (Å²) in [5, 5.41) is 9.54. The molecule has 4 aromatic rings. The summed E-state index contributed by atoms with van der Waals surface area (Å²) in [7, 11) is 1.56. The summed E-state index contributed by atoms with van der Waals surface area (Å²) in [6.07, 6.45) is -0.589. The van der Waals surface area contributed by atoms with Crippen molar-refractivity contribution in [2.24, 2.45) is 5.92 Å². The lowest BCUT2D eigenvalue weighted by molar-refractivity contribution is -0.138. The van der Waals surface area contributed by atoms with Crippen LogP contribution in [-0.4, -0.2) is 47.3 Å². The highest BCUT2D eigenvalue weighted by Gasteiger charge is 2.38. The molecule has 1 aliphatic rings. The Hall–Kier alpha value is -4.79. The summed E-state index contributed by atoms with van der Waals surface area (Å²) in [5.74, 6) is 1.49. The van der Waals surface area contributed by atoms with Crippen molar-refractivity contribution in [1.29, 1.82) is 0 Å². The Balaban J connectivity index is 1.27. The standard InChI is InChI=1S/C31H30N2O7/c1-20-28(32-30(39-20)21-7-4-3-5-8-21)19-38-26-10-6-9-22(15-26)27-18-33(17-23(27)16-29(34)35)31(36)40-25-13-11-24(37-2)12-14-25/h3-15,23,27H,16-19H2,1-2H3,(H,34,35)/t23-,27-/m0/s1.